The summed E-state index contributed by atoms with van der Waals surface area (Å²) in [4.78, 5) is 57.6. The number of halogens is 3. The second-order valence-corrected chi connectivity index (χ2v) is 18.5. The quantitative estimate of drug-likeness (QED) is 0.0342. The zero-order chi connectivity index (χ0) is 50.8. The normalized spacial score (nSPS) is 13.1. The van der Waals surface area contributed by atoms with Gasteiger partial charge in [-0.05, 0) is 132 Å². The Bertz CT molecular complexity index is 2750. The van der Waals surface area contributed by atoms with Crippen molar-refractivity contribution in [3.05, 3.63) is 136 Å². The number of hydrogen-bond acceptors (Lipinski definition) is 10. The Labute approximate surface area is 412 Å². The lowest BCUT2D eigenvalue weighted by atomic mass is 9.89. The second kappa shape index (κ2) is 25.9. The smallest absolute Gasteiger partial charge is 0.433 e. The van der Waals surface area contributed by atoms with Gasteiger partial charge in [-0.15, -0.1) is 0 Å². The molecule has 7 rings (SSSR count). The highest BCUT2D eigenvalue weighted by atomic mass is 19.4. The zero-order valence-electron chi connectivity index (χ0n) is 40.7. The Kier molecular flexibility index (Phi) is 19.6. The first-order valence-electron chi connectivity index (χ1n) is 24.6. The van der Waals surface area contributed by atoms with Gasteiger partial charge in [-0.25, -0.2) is 4.98 Å². The van der Waals surface area contributed by atoms with E-state index in [4.69, 9.17) is 4.74 Å². The standard InChI is InChI=1S/C37H50N4O4.C17H15F3N4O2/c1-2-45-36(43)28-41-27-34(18-19-35(41)42)40-37(44)33-23-30(22-32(24-33)31-17-13-21-39-26-31)16-9-6-4-3-5-7-12-20-38-25-29-14-10-8-11-15-29;1-16(2,26)10-7-12-9(8-21-24-12)6-13(10)23-15(25)11-4-3-5-14(22-11)17(18,19)20/h13,17-19,21-24,26-27,29,38H,2-12,14-16,20,25,28H2,1H3,(H,40,44);3-8,26H,1-2H3,(H,21,24)(H,23,25). The van der Waals surface area contributed by atoms with Crippen molar-refractivity contribution < 1.29 is 37.4 Å². The number of carbonyl (C=O) groups excluding carboxylic acids is 3. The Morgan fingerprint density at radius 2 is 1.61 bits per heavy atom. The minimum absolute atomic E-state index is 0.214. The third-order valence-electron chi connectivity index (χ3n) is 12.3. The number of esters is 1. The van der Waals surface area contributed by atoms with Gasteiger partial charge in [0.15, 0.2) is 0 Å². The monoisotopic (exact) mass is 978 g/mol. The van der Waals surface area contributed by atoms with E-state index in [-0.39, 0.29) is 36.0 Å². The van der Waals surface area contributed by atoms with Gasteiger partial charge in [0.25, 0.3) is 17.4 Å². The number of fused-ring (bicyclic) bond motifs is 1. The van der Waals surface area contributed by atoms with E-state index in [1.807, 2.05) is 24.3 Å². The number of rotatable bonds is 21. The van der Waals surface area contributed by atoms with E-state index < -0.39 is 29.3 Å². The van der Waals surface area contributed by atoms with Crippen molar-refractivity contribution in [2.24, 2.45) is 5.92 Å². The molecule has 1 fully saturated rings. The topological polar surface area (TPSA) is 193 Å². The summed E-state index contributed by atoms with van der Waals surface area (Å²) in [7, 11) is 0. The Morgan fingerprint density at radius 1 is 0.845 bits per heavy atom. The van der Waals surface area contributed by atoms with Gasteiger partial charge in [0.05, 0.1) is 29.6 Å². The number of aliphatic hydroxyl groups is 1. The summed E-state index contributed by atoms with van der Waals surface area (Å²) in [5.74, 6) is -0.696. The molecular weight excluding hydrogens is 914 g/mol. The van der Waals surface area contributed by atoms with Crippen LogP contribution in [0.3, 0.4) is 0 Å². The van der Waals surface area contributed by atoms with E-state index in [9.17, 15) is 37.5 Å². The summed E-state index contributed by atoms with van der Waals surface area (Å²) < 4.78 is 44.5. The Morgan fingerprint density at radius 3 is 2.32 bits per heavy atom. The van der Waals surface area contributed by atoms with Crippen LogP contribution in [0.15, 0.2) is 102 Å². The van der Waals surface area contributed by atoms with Crippen LogP contribution in [0.4, 0.5) is 24.5 Å². The lowest BCUT2D eigenvalue weighted by molar-refractivity contribution is -0.144. The molecule has 0 radical (unpaired) electrons. The molecule has 4 aromatic heterocycles. The van der Waals surface area contributed by atoms with Crippen LogP contribution in [0, 0.1) is 5.92 Å². The molecule has 1 aliphatic rings. The number of benzene rings is 2. The van der Waals surface area contributed by atoms with Crippen LogP contribution in [0.2, 0.25) is 0 Å². The summed E-state index contributed by atoms with van der Waals surface area (Å²) in [5.41, 5.74) is 2.07. The van der Waals surface area contributed by atoms with Crippen molar-refractivity contribution in [1.29, 1.82) is 0 Å². The van der Waals surface area contributed by atoms with Crippen LogP contribution in [-0.2, 0) is 34.3 Å². The van der Waals surface area contributed by atoms with E-state index >= 15 is 0 Å². The number of anilines is 2. The molecule has 4 heterocycles. The van der Waals surface area contributed by atoms with E-state index in [1.54, 1.807) is 37.5 Å². The lowest BCUT2D eigenvalue weighted by Crippen LogP contribution is -2.25. The van der Waals surface area contributed by atoms with Crippen molar-refractivity contribution in [1.82, 2.24) is 30.0 Å². The molecule has 0 unspecified atom stereocenters. The number of nitrogens with one attached hydrogen (secondary N) is 4. The van der Waals surface area contributed by atoms with Gasteiger partial charge < -0.3 is 30.4 Å². The third-order valence-corrected chi connectivity index (χ3v) is 12.3. The molecule has 0 saturated heterocycles. The van der Waals surface area contributed by atoms with Gasteiger partial charge in [0.1, 0.15) is 17.9 Å². The number of nitrogens with zero attached hydrogens (tertiary/aromatic N) is 4. The molecule has 0 aliphatic heterocycles. The number of amides is 2. The number of aromatic amines is 1. The molecule has 0 atom stereocenters. The average molecular weight is 979 g/mol. The van der Waals surface area contributed by atoms with Gasteiger partial charge >= 0.3 is 12.1 Å². The first kappa shape index (κ1) is 53.6. The lowest BCUT2D eigenvalue weighted by Gasteiger charge is -2.22. The fraction of sp³-hybridized carbons (Fsp3) is 0.426. The number of alkyl halides is 3. The molecule has 2 amide bonds. The first-order chi connectivity index (χ1) is 34.1. The van der Waals surface area contributed by atoms with Gasteiger partial charge in [-0.3, -0.25) is 29.3 Å². The molecule has 14 nitrogen and oxygen atoms in total. The van der Waals surface area contributed by atoms with Crippen molar-refractivity contribution in [2.45, 2.75) is 123 Å². The van der Waals surface area contributed by atoms with E-state index in [1.165, 1.54) is 120 Å². The van der Waals surface area contributed by atoms with Gasteiger partial charge in [-0.1, -0.05) is 69.6 Å². The summed E-state index contributed by atoms with van der Waals surface area (Å²) in [6.07, 6.45) is 18.4. The molecule has 1 aliphatic carbocycles. The molecule has 378 valence electrons. The highest BCUT2D eigenvalue weighted by Crippen LogP contribution is 2.33. The maximum Gasteiger partial charge on any atom is 0.433 e. The predicted molar refractivity (Wildman–Crippen MR) is 269 cm³/mol. The predicted octanol–water partition coefficient (Wildman–Crippen LogP) is 10.6. The molecule has 6 aromatic rings. The highest BCUT2D eigenvalue weighted by Gasteiger charge is 2.33. The van der Waals surface area contributed by atoms with Crippen LogP contribution >= 0.6 is 0 Å². The fourth-order valence-electron chi connectivity index (χ4n) is 8.61. The minimum atomic E-state index is -4.65. The zero-order valence-corrected chi connectivity index (χ0v) is 40.7. The van der Waals surface area contributed by atoms with Crippen molar-refractivity contribution in [2.75, 3.05) is 30.3 Å². The maximum atomic E-state index is 13.4. The molecule has 17 heteroatoms. The first-order valence-corrected chi connectivity index (χ1v) is 24.6. The Hall–Kier alpha value is -6.72. The number of aromatic nitrogens is 5. The SMILES string of the molecule is CC(C)(O)c1cc2[nH]ncc2cc1NC(=O)c1cccc(C(F)(F)F)n1.CCOC(=O)Cn1cc(NC(=O)c2cc(CCCCCCCCCNCC3CCCCC3)cc(-c3cccnc3)c2)ccc1=O. The van der Waals surface area contributed by atoms with Gasteiger partial charge in [-0.2, -0.15) is 18.3 Å². The summed E-state index contributed by atoms with van der Waals surface area (Å²) in [6.45, 7) is 7.15. The molecule has 2 aromatic carbocycles. The Balaban J connectivity index is 0.000000268. The van der Waals surface area contributed by atoms with Crippen LogP contribution < -0.4 is 21.5 Å². The molecule has 5 N–H and O–H groups in total. The van der Waals surface area contributed by atoms with Crippen LogP contribution in [0.5, 0.6) is 0 Å². The van der Waals surface area contributed by atoms with E-state index in [2.05, 4.69) is 42.2 Å². The van der Waals surface area contributed by atoms with Gasteiger partial charge in [0.2, 0.25) is 0 Å². The van der Waals surface area contributed by atoms with Crippen LogP contribution in [0.25, 0.3) is 22.0 Å². The number of hydrogen-bond donors (Lipinski definition) is 5. The maximum absolute atomic E-state index is 13.4. The number of carbonyl (C=O) groups is 3. The second-order valence-electron chi connectivity index (χ2n) is 18.5. The number of pyridine rings is 3. The largest absolute Gasteiger partial charge is 0.465 e. The van der Waals surface area contributed by atoms with Crippen molar-refractivity contribution >= 4 is 40.1 Å². The number of H-pyrrole nitrogens is 1. The number of aryl methyl sites for hydroxylation is 1. The van der Waals surface area contributed by atoms with E-state index in [0.717, 1.165) is 54.1 Å². The number of unbranched alkanes of at least 4 members (excludes halogenated alkanes) is 6. The number of ether oxygens (including phenoxy) is 1. The van der Waals surface area contributed by atoms with E-state index in [0.29, 0.717) is 27.7 Å². The summed E-state index contributed by atoms with van der Waals surface area (Å²) >= 11 is 0. The molecular formula is C54H65F3N8O6. The molecule has 0 bridgehead atoms. The fourth-order valence-corrected chi connectivity index (χ4v) is 8.61. The highest BCUT2D eigenvalue weighted by molar-refractivity contribution is 6.05. The summed E-state index contributed by atoms with van der Waals surface area (Å²) in [5, 5.41) is 26.8. The molecule has 71 heavy (non-hydrogen) atoms. The van der Waals surface area contributed by atoms with Crippen molar-refractivity contribution in [3.8, 4) is 11.1 Å². The third kappa shape index (κ3) is 16.7. The molecule has 0 spiro atoms. The van der Waals surface area contributed by atoms with Crippen LogP contribution in [0.1, 0.15) is 135 Å². The van der Waals surface area contributed by atoms with Crippen molar-refractivity contribution in [3.63, 3.8) is 0 Å². The average Bonchev–Trinajstić information content (AvgIpc) is 3.82. The molecule has 1 saturated carbocycles. The summed E-state index contributed by atoms with van der Waals surface area (Å²) in [6, 6.07) is 19.0. The van der Waals surface area contributed by atoms with Crippen LogP contribution in [-0.4, -0.2) is 67.3 Å². The minimum Gasteiger partial charge on any atom is -0.465 e. The van der Waals surface area contributed by atoms with Gasteiger partial charge in [0, 0.05) is 52.4 Å².